The van der Waals surface area contributed by atoms with Crippen LogP contribution in [0.5, 0.6) is 0 Å². The first-order valence-corrected chi connectivity index (χ1v) is 11.5. The van der Waals surface area contributed by atoms with E-state index >= 15 is 0 Å². The van der Waals surface area contributed by atoms with Crippen LogP contribution in [0.4, 0.5) is 5.82 Å². The average molecular weight is 576 g/mol. The first-order chi connectivity index (χ1) is 15.6. The van der Waals surface area contributed by atoms with Gasteiger partial charge in [0.05, 0.1) is 11.4 Å². The summed E-state index contributed by atoms with van der Waals surface area (Å²) >= 11 is 1.83. The quantitative estimate of drug-likeness (QED) is 0.116. The predicted molar refractivity (Wildman–Crippen MR) is 148 cm³/mol. The molecule has 0 saturated heterocycles. The largest absolute Gasteiger partial charge is 0.382 e. The highest BCUT2D eigenvalue weighted by Gasteiger charge is 2.16. The molecule has 7 nitrogen and oxygen atoms in total. The Balaban J connectivity index is 0.00000385. The van der Waals surface area contributed by atoms with Crippen LogP contribution < -0.4 is 16.4 Å². The number of nitrogen functional groups attached to an aromatic ring is 1. The Kier molecular flexibility index (Phi) is 11.1. The minimum absolute atomic E-state index is 0. The van der Waals surface area contributed by atoms with Gasteiger partial charge in [0.15, 0.2) is 5.96 Å². The lowest BCUT2D eigenvalue weighted by Crippen LogP contribution is -2.40. The minimum atomic E-state index is 0. The van der Waals surface area contributed by atoms with Crippen LogP contribution in [0.2, 0.25) is 0 Å². The number of aromatic nitrogens is 2. The number of hydrogen-bond donors (Lipinski definition) is 3. The van der Waals surface area contributed by atoms with Gasteiger partial charge in [-0.1, -0.05) is 43.3 Å². The summed E-state index contributed by atoms with van der Waals surface area (Å²) in [4.78, 5) is 5.55. The summed E-state index contributed by atoms with van der Waals surface area (Å²) in [5.74, 6) is 1.14. The average Bonchev–Trinajstić information content (AvgIpc) is 3.14. The molecule has 1 heterocycles. The second kappa shape index (κ2) is 13.7. The first kappa shape index (κ1) is 26.5. The van der Waals surface area contributed by atoms with Crippen LogP contribution in [0.25, 0.3) is 5.69 Å². The maximum absolute atomic E-state index is 9.54. The maximum atomic E-state index is 9.54. The second-order valence-electron chi connectivity index (χ2n) is 7.29. The van der Waals surface area contributed by atoms with E-state index in [4.69, 9.17) is 5.73 Å². The van der Waals surface area contributed by atoms with E-state index in [9.17, 15) is 5.26 Å². The maximum Gasteiger partial charge on any atom is 0.191 e. The fourth-order valence-electron chi connectivity index (χ4n) is 3.24. The number of thioether (sulfide) groups is 1. The Hall–Kier alpha value is -2.71. The highest BCUT2D eigenvalue weighted by atomic mass is 127. The van der Waals surface area contributed by atoms with Gasteiger partial charge in [0.25, 0.3) is 0 Å². The number of anilines is 1. The topological polar surface area (TPSA) is 104 Å². The molecule has 33 heavy (non-hydrogen) atoms. The highest BCUT2D eigenvalue weighted by Crippen LogP contribution is 2.22. The van der Waals surface area contributed by atoms with E-state index in [1.54, 1.807) is 11.7 Å². The monoisotopic (exact) mass is 575 g/mol. The van der Waals surface area contributed by atoms with Crippen LogP contribution in [-0.2, 0) is 6.42 Å². The third-order valence-electron chi connectivity index (χ3n) is 4.85. The van der Waals surface area contributed by atoms with E-state index in [1.807, 2.05) is 48.2 Å². The summed E-state index contributed by atoms with van der Waals surface area (Å²) < 4.78 is 1.63. The third-order valence-corrected chi connectivity index (χ3v) is 5.96. The van der Waals surface area contributed by atoms with Gasteiger partial charge in [0, 0.05) is 30.3 Å². The molecule has 1 aromatic heterocycles. The molecule has 3 rings (SSSR count). The molecule has 0 aliphatic rings. The van der Waals surface area contributed by atoms with Crippen molar-refractivity contribution in [2.75, 3.05) is 25.9 Å². The number of para-hydroxylation sites is 1. The Bertz CT molecular complexity index is 1060. The number of halogens is 1. The van der Waals surface area contributed by atoms with E-state index in [-0.39, 0.29) is 24.0 Å². The van der Waals surface area contributed by atoms with Crippen LogP contribution in [0.15, 0.2) is 70.6 Å². The van der Waals surface area contributed by atoms with Crippen LogP contribution in [0, 0.1) is 11.3 Å². The SMILES string of the molecule is CN=C(NCCCc1nn(-c2ccccc2)c(N)c1C#N)NCC(C)Sc1ccccc1.I. The van der Waals surface area contributed by atoms with Crippen molar-refractivity contribution in [3.8, 4) is 11.8 Å². The number of aliphatic imine (C=N–C) groups is 1. The molecule has 0 fully saturated rings. The van der Waals surface area contributed by atoms with Crippen LogP contribution in [-0.4, -0.2) is 41.1 Å². The van der Waals surface area contributed by atoms with Crippen molar-refractivity contribution in [3.63, 3.8) is 0 Å². The van der Waals surface area contributed by atoms with Gasteiger partial charge in [-0.2, -0.15) is 10.4 Å². The summed E-state index contributed by atoms with van der Waals surface area (Å²) in [5.41, 5.74) is 8.18. The van der Waals surface area contributed by atoms with Crippen LogP contribution in [0.1, 0.15) is 24.6 Å². The molecule has 9 heteroatoms. The molecule has 0 radical (unpaired) electrons. The zero-order valence-electron chi connectivity index (χ0n) is 18.9. The Morgan fingerprint density at radius 3 is 2.45 bits per heavy atom. The molecule has 0 amide bonds. The highest BCUT2D eigenvalue weighted by molar-refractivity contribution is 14.0. The Labute approximate surface area is 216 Å². The molecule has 1 unspecified atom stereocenters. The minimum Gasteiger partial charge on any atom is -0.382 e. The molecule has 1 atom stereocenters. The first-order valence-electron chi connectivity index (χ1n) is 10.6. The van der Waals surface area contributed by atoms with Crippen molar-refractivity contribution in [2.45, 2.75) is 29.9 Å². The predicted octanol–water partition coefficient (Wildman–Crippen LogP) is 4.22. The van der Waals surface area contributed by atoms with E-state index in [0.717, 1.165) is 24.6 Å². The van der Waals surface area contributed by atoms with E-state index in [1.165, 1.54) is 4.90 Å². The zero-order chi connectivity index (χ0) is 22.8. The Morgan fingerprint density at radius 1 is 1.15 bits per heavy atom. The van der Waals surface area contributed by atoms with Crippen LogP contribution >= 0.6 is 35.7 Å². The molecule has 0 aliphatic heterocycles. The number of nitrogens with zero attached hydrogens (tertiary/aromatic N) is 4. The fraction of sp³-hybridized carbons (Fsp3) is 0.292. The molecule has 3 aromatic rings. The van der Waals surface area contributed by atoms with Gasteiger partial charge in [0.2, 0.25) is 0 Å². The van der Waals surface area contributed by atoms with Crippen molar-refractivity contribution in [3.05, 3.63) is 71.9 Å². The van der Waals surface area contributed by atoms with Gasteiger partial charge in [-0.25, -0.2) is 4.68 Å². The van der Waals surface area contributed by atoms with E-state index in [0.29, 0.717) is 35.3 Å². The fourth-order valence-corrected chi connectivity index (χ4v) is 4.18. The second-order valence-corrected chi connectivity index (χ2v) is 8.80. The summed E-state index contributed by atoms with van der Waals surface area (Å²) in [6.07, 6.45) is 1.45. The van der Waals surface area contributed by atoms with Crippen molar-refractivity contribution in [1.82, 2.24) is 20.4 Å². The molecule has 0 aliphatic carbocycles. The number of rotatable bonds is 9. The summed E-state index contributed by atoms with van der Waals surface area (Å²) in [6.45, 7) is 3.70. The third kappa shape index (κ3) is 7.68. The van der Waals surface area contributed by atoms with Crippen LogP contribution in [0.3, 0.4) is 0 Å². The lowest BCUT2D eigenvalue weighted by molar-refractivity contribution is 0.719. The number of aryl methyl sites for hydroxylation is 1. The van der Waals surface area contributed by atoms with Crippen molar-refractivity contribution in [2.24, 2.45) is 4.99 Å². The van der Waals surface area contributed by atoms with Gasteiger partial charge in [0.1, 0.15) is 17.5 Å². The smallest absolute Gasteiger partial charge is 0.191 e. The summed E-state index contributed by atoms with van der Waals surface area (Å²) in [6, 6.07) is 22.2. The van der Waals surface area contributed by atoms with Gasteiger partial charge < -0.3 is 16.4 Å². The Morgan fingerprint density at radius 2 is 1.82 bits per heavy atom. The van der Waals surface area contributed by atoms with Gasteiger partial charge in [-0.15, -0.1) is 35.7 Å². The van der Waals surface area contributed by atoms with Crippen molar-refractivity contribution >= 4 is 47.5 Å². The van der Waals surface area contributed by atoms with Gasteiger partial charge in [-0.3, -0.25) is 4.99 Å². The molecule has 0 saturated carbocycles. The molecule has 0 spiro atoms. The molecular weight excluding hydrogens is 545 g/mol. The van der Waals surface area contributed by atoms with E-state index in [2.05, 4.69) is 58.0 Å². The summed E-state index contributed by atoms with van der Waals surface area (Å²) in [5, 5.41) is 21.2. The molecule has 4 N–H and O–H groups in total. The van der Waals surface area contributed by atoms with Gasteiger partial charge in [-0.05, 0) is 37.1 Å². The lowest BCUT2D eigenvalue weighted by Gasteiger charge is -2.15. The van der Waals surface area contributed by atoms with Crippen molar-refractivity contribution < 1.29 is 0 Å². The van der Waals surface area contributed by atoms with E-state index < -0.39 is 0 Å². The number of benzene rings is 2. The standard InChI is InChI=1S/C24H29N7S.HI/c1-18(32-20-12-7-4-8-13-20)17-29-24(27-2)28-15-9-14-22-21(16-25)23(26)31(30-22)19-10-5-3-6-11-19;/h3-8,10-13,18H,9,14-15,17,26H2,1-2H3,(H2,27,28,29);1H. The zero-order valence-corrected chi connectivity index (χ0v) is 22.0. The number of nitriles is 1. The number of hydrogen-bond acceptors (Lipinski definition) is 5. The lowest BCUT2D eigenvalue weighted by atomic mass is 10.1. The molecule has 174 valence electrons. The van der Waals surface area contributed by atoms with Gasteiger partial charge >= 0.3 is 0 Å². The molecular formula is C24H30IN7S. The number of nitrogens with two attached hydrogens (primary N) is 1. The summed E-state index contributed by atoms with van der Waals surface area (Å²) in [7, 11) is 1.76. The number of guanidine groups is 1. The number of nitrogens with one attached hydrogen (secondary N) is 2. The molecule has 2 aromatic carbocycles. The normalized spacial score (nSPS) is 11.8. The molecule has 0 bridgehead atoms. The van der Waals surface area contributed by atoms with Crippen molar-refractivity contribution in [1.29, 1.82) is 5.26 Å².